The van der Waals surface area contributed by atoms with Crippen molar-refractivity contribution >= 4 is 80.9 Å². The van der Waals surface area contributed by atoms with Crippen molar-refractivity contribution in [2.75, 3.05) is 4.90 Å². The molecule has 0 saturated heterocycles. The van der Waals surface area contributed by atoms with Gasteiger partial charge < -0.3 is 4.90 Å². The molecule has 0 aliphatic heterocycles. The fraction of sp³-hybridized carbons (Fsp3) is 0.0556. The second-order valence-corrected chi connectivity index (χ2v) is 11.4. The highest BCUT2D eigenvalue weighted by Gasteiger charge is 2.21. The predicted molar refractivity (Wildman–Crippen MR) is 167 cm³/mol. The molecule has 0 fully saturated rings. The number of thiophene rings is 1. The van der Waals surface area contributed by atoms with Gasteiger partial charge in [-0.3, -0.25) is 0 Å². The van der Waals surface area contributed by atoms with Crippen LogP contribution < -0.4 is 4.90 Å². The zero-order chi connectivity index (χ0) is 25.4. The van der Waals surface area contributed by atoms with Crippen molar-refractivity contribution in [3.05, 3.63) is 126 Å². The first-order valence-electron chi connectivity index (χ1n) is 13.1. The van der Waals surface area contributed by atoms with E-state index < -0.39 is 0 Å². The van der Waals surface area contributed by atoms with Gasteiger partial charge in [-0.25, -0.2) is 0 Å². The van der Waals surface area contributed by atoms with E-state index in [1.807, 2.05) is 11.3 Å². The van der Waals surface area contributed by atoms with E-state index in [4.69, 9.17) is 0 Å². The Labute approximate surface area is 225 Å². The van der Waals surface area contributed by atoms with Crippen molar-refractivity contribution < 1.29 is 0 Å². The molecule has 1 nitrogen and oxygen atoms in total. The maximum atomic E-state index is 2.49. The molecule has 0 aliphatic carbocycles. The van der Waals surface area contributed by atoms with E-state index in [1.165, 1.54) is 80.7 Å². The van der Waals surface area contributed by atoms with Gasteiger partial charge in [-0.2, -0.15) is 0 Å². The van der Waals surface area contributed by atoms with Crippen molar-refractivity contribution in [3.8, 4) is 0 Å². The fourth-order valence-corrected chi connectivity index (χ4v) is 7.52. The molecule has 0 aliphatic rings. The molecule has 0 amide bonds. The van der Waals surface area contributed by atoms with Crippen LogP contribution in [0.1, 0.15) is 11.1 Å². The lowest BCUT2D eigenvalue weighted by atomic mass is 9.93. The maximum Gasteiger partial charge on any atom is 0.0640 e. The largest absolute Gasteiger partial charge is 0.308 e. The summed E-state index contributed by atoms with van der Waals surface area (Å²) in [5.74, 6) is 0. The highest BCUT2D eigenvalue weighted by atomic mass is 32.1. The molecular formula is C36H25NS. The predicted octanol–water partition coefficient (Wildman–Crippen LogP) is 11.0. The Hall–Kier alpha value is -4.40. The number of anilines is 3. The van der Waals surface area contributed by atoms with Crippen molar-refractivity contribution in [1.29, 1.82) is 0 Å². The number of rotatable bonds is 3. The Morgan fingerprint density at radius 3 is 1.97 bits per heavy atom. The molecule has 180 valence electrons. The molecule has 0 saturated carbocycles. The Balaban J connectivity index is 1.51. The quantitative estimate of drug-likeness (QED) is 0.217. The molecule has 1 heterocycles. The minimum absolute atomic E-state index is 1.20. The highest BCUT2D eigenvalue weighted by molar-refractivity contribution is 7.26. The molecule has 0 bridgehead atoms. The van der Waals surface area contributed by atoms with E-state index in [0.717, 1.165) is 0 Å². The average Bonchev–Trinajstić information content (AvgIpc) is 3.32. The number of fused-ring (bicyclic) bond motifs is 3. The van der Waals surface area contributed by atoms with Gasteiger partial charge in [0, 0.05) is 26.5 Å². The maximum absolute atomic E-state index is 2.49. The number of hydrogen-bond acceptors (Lipinski definition) is 2. The van der Waals surface area contributed by atoms with Crippen LogP contribution in [0.25, 0.3) is 52.5 Å². The Kier molecular flexibility index (Phi) is 4.59. The third-order valence-electron chi connectivity index (χ3n) is 7.84. The summed E-state index contributed by atoms with van der Waals surface area (Å²) in [6.45, 7) is 4.39. The number of hydrogen-bond donors (Lipinski definition) is 0. The molecule has 1 aromatic heterocycles. The van der Waals surface area contributed by atoms with Gasteiger partial charge in [-0.05, 0) is 82.2 Å². The second-order valence-electron chi connectivity index (χ2n) is 10.4. The Morgan fingerprint density at radius 1 is 0.500 bits per heavy atom. The summed E-state index contributed by atoms with van der Waals surface area (Å²) in [5.41, 5.74) is 6.18. The van der Waals surface area contributed by atoms with Crippen molar-refractivity contribution in [2.45, 2.75) is 13.8 Å². The zero-order valence-corrected chi connectivity index (χ0v) is 22.1. The smallest absolute Gasteiger partial charge is 0.0640 e. The third-order valence-corrected chi connectivity index (χ3v) is 9.04. The van der Waals surface area contributed by atoms with Crippen LogP contribution in [0.3, 0.4) is 0 Å². The third kappa shape index (κ3) is 3.11. The van der Waals surface area contributed by atoms with Crippen molar-refractivity contribution in [1.82, 2.24) is 0 Å². The van der Waals surface area contributed by atoms with Gasteiger partial charge in [-0.1, -0.05) is 84.9 Å². The molecule has 8 aromatic rings. The van der Waals surface area contributed by atoms with Crippen molar-refractivity contribution in [2.24, 2.45) is 0 Å². The van der Waals surface area contributed by atoms with E-state index in [2.05, 4.69) is 134 Å². The topological polar surface area (TPSA) is 3.24 Å². The number of nitrogens with zero attached hydrogens (tertiary/aromatic N) is 1. The molecular weight excluding hydrogens is 478 g/mol. The lowest BCUT2D eigenvalue weighted by Gasteiger charge is -2.29. The second kappa shape index (κ2) is 8.05. The minimum atomic E-state index is 1.20. The Bertz CT molecular complexity index is 2130. The normalized spacial score (nSPS) is 11.9. The lowest BCUT2D eigenvalue weighted by Crippen LogP contribution is -2.11. The summed E-state index contributed by atoms with van der Waals surface area (Å²) in [4.78, 5) is 2.49. The lowest BCUT2D eigenvalue weighted by molar-refractivity contribution is 1.28. The SMILES string of the molecule is Cc1cc(C)cc(N(c2ccc3ccc4cccc5ccc2c3c45)c2cccc3c2sc2ccccc23)c1. The number of aryl methyl sites for hydroxylation is 2. The number of benzene rings is 7. The van der Waals surface area contributed by atoms with E-state index >= 15 is 0 Å². The molecule has 0 atom stereocenters. The molecule has 0 radical (unpaired) electrons. The molecule has 0 N–H and O–H groups in total. The zero-order valence-electron chi connectivity index (χ0n) is 21.3. The summed E-state index contributed by atoms with van der Waals surface area (Å²) in [6, 6.07) is 42.8. The van der Waals surface area contributed by atoms with Gasteiger partial charge in [-0.15, -0.1) is 11.3 Å². The van der Waals surface area contributed by atoms with Crippen LogP contribution in [-0.4, -0.2) is 0 Å². The first-order valence-corrected chi connectivity index (χ1v) is 13.9. The van der Waals surface area contributed by atoms with Gasteiger partial charge in [0.2, 0.25) is 0 Å². The van der Waals surface area contributed by atoms with E-state index in [-0.39, 0.29) is 0 Å². The Morgan fingerprint density at radius 2 is 1.16 bits per heavy atom. The van der Waals surface area contributed by atoms with E-state index in [0.29, 0.717) is 0 Å². The highest BCUT2D eigenvalue weighted by Crippen LogP contribution is 2.48. The molecule has 7 aromatic carbocycles. The van der Waals surface area contributed by atoms with Gasteiger partial charge in [0.05, 0.1) is 16.1 Å². The first kappa shape index (κ1) is 21.7. The molecule has 0 unspecified atom stereocenters. The molecule has 8 rings (SSSR count). The summed E-state index contributed by atoms with van der Waals surface area (Å²) in [5, 5.41) is 10.5. The standard InChI is InChI=1S/C36H25NS/c1-22-19-23(2)21-27(20-22)37(32-11-6-10-29-28-9-3-4-12-33(28)38-36(29)32)31-18-16-26-14-13-24-7-5-8-25-15-17-30(31)35(26)34(24)25/h3-21H,1-2H3. The van der Waals surface area contributed by atoms with Crippen LogP contribution in [0.5, 0.6) is 0 Å². The van der Waals surface area contributed by atoms with Gasteiger partial charge in [0.1, 0.15) is 0 Å². The minimum Gasteiger partial charge on any atom is -0.308 e. The van der Waals surface area contributed by atoms with Gasteiger partial charge >= 0.3 is 0 Å². The summed E-state index contributed by atoms with van der Waals surface area (Å²) < 4.78 is 2.64. The van der Waals surface area contributed by atoms with Crippen LogP contribution >= 0.6 is 11.3 Å². The molecule has 38 heavy (non-hydrogen) atoms. The molecule has 2 heteroatoms. The molecule has 0 spiro atoms. The van der Waals surface area contributed by atoms with Crippen LogP contribution in [0.2, 0.25) is 0 Å². The monoisotopic (exact) mass is 503 g/mol. The summed E-state index contributed by atoms with van der Waals surface area (Å²) in [7, 11) is 0. The van der Waals surface area contributed by atoms with Gasteiger partial charge in [0.25, 0.3) is 0 Å². The summed E-state index contributed by atoms with van der Waals surface area (Å²) in [6.07, 6.45) is 0. The summed E-state index contributed by atoms with van der Waals surface area (Å²) >= 11 is 1.89. The van der Waals surface area contributed by atoms with E-state index in [9.17, 15) is 0 Å². The van der Waals surface area contributed by atoms with Crippen LogP contribution in [0.15, 0.2) is 115 Å². The van der Waals surface area contributed by atoms with Crippen LogP contribution in [0.4, 0.5) is 17.1 Å². The fourth-order valence-electron chi connectivity index (χ4n) is 6.31. The van der Waals surface area contributed by atoms with Crippen molar-refractivity contribution in [3.63, 3.8) is 0 Å². The van der Waals surface area contributed by atoms with Crippen LogP contribution in [-0.2, 0) is 0 Å². The van der Waals surface area contributed by atoms with Gasteiger partial charge in [0.15, 0.2) is 0 Å². The average molecular weight is 504 g/mol. The van der Waals surface area contributed by atoms with Crippen LogP contribution in [0, 0.1) is 13.8 Å². The van der Waals surface area contributed by atoms with E-state index in [1.54, 1.807) is 0 Å². The first-order chi connectivity index (χ1) is 18.7.